The highest BCUT2D eigenvalue weighted by Crippen LogP contribution is 2.20. The molecule has 0 amide bonds. The van der Waals surface area contributed by atoms with Crippen molar-refractivity contribution in [3.63, 3.8) is 0 Å². The Bertz CT molecular complexity index is 290. The van der Waals surface area contributed by atoms with Gasteiger partial charge in [0.05, 0.1) is 10.7 Å². The van der Waals surface area contributed by atoms with Crippen molar-refractivity contribution in [2.24, 2.45) is 5.92 Å². The number of thiazole rings is 1. The minimum Gasteiger partial charge on any atom is -0.317 e. The standard InChI is InChI=1S/C12H20N2S/c1-2-11-9-15-12(14-11)4-3-10-5-7-13-8-6-10/h9-10,13H,2-8H2,1H3. The second-order valence-corrected chi connectivity index (χ2v) is 5.26. The number of rotatable bonds is 4. The molecule has 84 valence electrons. The molecule has 0 aromatic carbocycles. The SMILES string of the molecule is CCc1csc(CCC2CCNCC2)n1. The fourth-order valence-electron chi connectivity index (χ4n) is 2.12. The highest BCUT2D eigenvalue weighted by molar-refractivity contribution is 7.09. The van der Waals surface area contributed by atoms with Gasteiger partial charge in [0.25, 0.3) is 0 Å². The largest absolute Gasteiger partial charge is 0.317 e. The Balaban J connectivity index is 1.76. The van der Waals surface area contributed by atoms with E-state index in [2.05, 4.69) is 22.6 Å². The average Bonchev–Trinajstić information content (AvgIpc) is 2.76. The Kier molecular flexibility index (Phi) is 4.15. The second-order valence-electron chi connectivity index (χ2n) is 4.32. The zero-order valence-electron chi connectivity index (χ0n) is 9.46. The molecular weight excluding hydrogens is 204 g/mol. The Morgan fingerprint density at radius 2 is 2.27 bits per heavy atom. The maximum absolute atomic E-state index is 4.62. The monoisotopic (exact) mass is 224 g/mol. The van der Waals surface area contributed by atoms with Gasteiger partial charge in [-0.3, -0.25) is 0 Å². The molecule has 0 radical (unpaired) electrons. The Hall–Kier alpha value is -0.410. The van der Waals surface area contributed by atoms with Gasteiger partial charge in [-0.25, -0.2) is 4.98 Å². The lowest BCUT2D eigenvalue weighted by Crippen LogP contribution is -2.27. The number of nitrogens with zero attached hydrogens (tertiary/aromatic N) is 1. The van der Waals surface area contributed by atoms with Gasteiger partial charge in [0.1, 0.15) is 0 Å². The van der Waals surface area contributed by atoms with Crippen LogP contribution in [0, 0.1) is 5.92 Å². The molecule has 1 fully saturated rings. The fourth-order valence-corrected chi connectivity index (χ4v) is 3.02. The highest BCUT2D eigenvalue weighted by Gasteiger charge is 2.13. The number of aromatic nitrogens is 1. The number of hydrogen-bond donors (Lipinski definition) is 1. The van der Waals surface area contributed by atoms with Gasteiger partial charge in [-0.15, -0.1) is 11.3 Å². The molecule has 2 heterocycles. The highest BCUT2D eigenvalue weighted by atomic mass is 32.1. The molecule has 0 saturated carbocycles. The van der Waals surface area contributed by atoms with Gasteiger partial charge in [0.2, 0.25) is 0 Å². The molecule has 1 aromatic heterocycles. The lowest BCUT2D eigenvalue weighted by atomic mass is 9.93. The van der Waals surface area contributed by atoms with Crippen LogP contribution in [-0.2, 0) is 12.8 Å². The van der Waals surface area contributed by atoms with Crippen LogP contribution in [0.2, 0.25) is 0 Å². The van der Waals surface area contributed by atoms with Gasteiger partial charge in [0, 0.05) is 5.38 Å². The first-order chi connectivity index (χ1) is 7.38. The summed E-state index contributed by atoms with van der Waals surface area (Å²) in [5, 5.41) is 6.96. The van der Waals surface area contributed by atoms with Gasteiger partial charge in [0.15, 0.2) is 0 Å². The topological polar surface area (TPSA) is 24.9 Å². The van der Waals surface area contributed by atoms with E-state index in [0.717, 1.165) is 12.3 Å². The van der Waals surface area contributed by atoms with E-state index in [9.17, 15) is 0 Å². The molecule has 2 nitrogen and oxygen atoms in total. The molecule has 1 aliphatic rings. The Morgan fingerprint density at radius 3 is 2.93 bits per heavy atom. The van der Waals surface area contributed by atoms with Crippen LogP contribution < -0.4 is 5.32 Å². The van der Waals surface area contributed by atoms with E-state index in [4.69, 9.17) is 0 Å². The molecule has 0 unspecified atom stereocenters. The molecule has 1 aliphatic heterocycles. The average molecular weight is 224 g/mol. The number of aryl methyl sites for hydroxylation is 2. The minimum atomic E-state index is 0.931. The third kappa shape index (κ3) is 3.28. The van der Waals surface area contributed by atoms with E-state index >= 15 is 0 Å². The third-order valence-electron chi connectivity index (χ3n) is 3.19. The van der Waals surface area contributed by atoms with E-state index in [-0.39, 0.29) is 0 Å². The molecule has 0 atom stereocenters. The lowest BCUT2D eigenvalue weighted by Gasteiger charge is -2.21. The smallest absolute Gasteiger partial charge is 0.0928 e. The molecule has 0 bridgehead atoms. The molecule has 1 saturated heterocycles. The zero-order valence-corrected chi connectivity index (χ0v) is 10.3. The van der Waals surface area contributed by atoms with Crippen molar-refractivity contribution in [1.82, 2.24) is 10.3 Å². The predicted octanol–water partition coefficient (Wildman–Crippen LogP) is 2.64. The van der Waals surface area contributed by atoms with Crippen molar-refractivity contribution in [2.75, 3.05) is 13.1 Å². The van der Waals surface area contributed by atoms with E-state index in [0.29, 0.717) is 0 Å². The molecule has 15 heavy (non-hydrogen) atoms. The molecule has 2 rings (SSSR count). The zero-order chi connectivity index (χ0) is 10.5. The first kappa shape index (κ1) is 11.1. The van der Waals surface area contributed by atoms with Gasteiger partial charge < -0.3 is 5.32 Å². The van der Waals surface area contributed by atoms with Crippen LogP contribution in [0.15, 0.2) is 5.38 Å². The second kappa shape index (κ2) is 5.61. The summed E-state index contributed by atoms with van der Waals surface area (Å²) in [5.41, 5.74) is 1.26. The maximum Gasteiger partial charge on any atom is 0.0928 e. The summed E-state index contributed by atoms with van der Waals surface area (Å²) >= 11 is 1.84. The van der Waals surface area contributed by atoms with Crippen molar-refractivity contribution >= 4 is 11.3 Å². The van der Waals surface area contributed by atoms with Gasteiger partial charge in [-0.1, -0.05) is 6.92 Å². The van der Waals surface area contributed by atoms with E-state index < -0.39 is 0 Å². The van der Waals surface area contributed by atoms with Crippen molar-refractivity contribution < 1.29 is 0 Å². The van der Waals surface area contributed by atoms with E-state index in [1.165, 1.54) is 49.5 Å². The van der Waals surface area contributed by atoms with Gasteiger partial charge in [-0.05, 0) is 51.1 Å². The quantitative estimate of drug-likeness (QED) is 0.850. The van der Waals surface area contributed by atoms with Crippen LogP contribution in [0.1, 0.15) is 36.9 Å². The summed E-state index contributed by atoms with van der Waals surface area (Å²) in [7, 11) is 0. The normalized spacial score (nSPS) is 18.2. The van der Waals surface area contributed by atoms with E-state index in [1.807, 2.05) is 11.3 Å². The molecule has 0 spiro atoms. The summed E-state index contributed by atoms with van der Waals surface area (Å²) in [6, 6.07) is 0. The first-order valence-electron chi connectivity index (χ1n) is 6.02. The predicted molar refractivity (Wildman–Crippen MR) is 65.4 cm³/mol. The Morgan fingerprint density at radius 1 is 1.47 bits per heavy atom. The minimum absolute atomic E-state index is 0.931. The number of hydrogen-bond acceptors (Lipinski definition) is 3. The first-order valence-corrected chi connectivity index (χ1v) is 6.90. The summed E-state index contributed by atoms with van der Waals surface area (Å²) < 4.78 is 0. The molecule has 3 heteroatoms. The molecule has 0 aliphatic carbocycles. The maximum atomic E-state index is 4.62. The van der Waals surface area contributed by atoms with Crippen LogP contribution >= 0.6 is 11.3 Å². The van der Waals surface area contributed by atoms with Crippen molar-refractivity contribution in [2.45, 2.75) is 39.0 Å². The number of nitrogens with one attached hydrogen (secondary N) is 1. The van der Waals surface area contributed by atoms with Crippen LogP contribution in [0.4, 0.5) is 0 Å². The van der Waals surface area contributed by atoms with E-state index in [1.54, 1.807) is 0 Å². The lowest BCUT2D eigenvalue weighted by molar-refractivity contribution is 0.354. The Labute approximate surface area is 96.1 Å². The van der Waals surface area contributed by atoms with Crippen molar-refractivity contribution in [3.05, 3.63) is 16.1 Å². The van der Waals surface area contributed by atoms with Gasteiger partial charge in [-0.2, -0.15) is 0 Å². The van der Waals surface area contributed by atoms with Crippen LogP contribution in [0.3, 0.4) is 0 Å². The van der Waals surface area contributed by atoms with Gasteiger partial charge >= 0.3 is 0 Å². The van der Waals surface area contributed by atoms with Crippen molar-refractivity contribution in [1.29, 1.82) is 0 Å². The van der Waals surface area contributed by atoms with Crippen LogP contribution in [0.25, 0.3) is 0 Å². The summed E-state index contributed by atoms with van der Waals surface area (Å²) in [4.78, 5) is 4.62. The molecule has 1 N–H and O–H groups in total. The fraction of sp³-hybridized carbons (Fsp3) is 0.750. The summed E-state index contributed by atoms with van der Waals surface area (Å²) in [6.45, 7) is 4.59. The molecule has 1 aromatic rings. The summed E-state index contributed by atoms with van der Waals surface area (Å²) in [5.74, 6) is 0.931. The third-order valence-corrected chi connectivity index (χ3v) is 4.14. The van der Waals surface area contributed by atoms with Crippen molar-refractivity contribution in [3.8, 4) is 0 Å². The van der Waals surface area contributed by atoms with Crippen LogP contribution in [-0.4, -0.2) is 18.1 Å². The summed E-state index contributed by atoms with van der Waals surface area (Å²) in [6.07, 6.45) is 6.30. The van der Waals surface area contributed by atoms with Crippen LogP contribution in [0.5, 0.6) is 0 Å². The molecular formula is C12H20N2S. The number of piperidine rings is 1.